The summed E-state index contributed by atoms with van der Waals surface area (Å²) < 4.78 is 2.12. The van der Waals surface area contributed by atoms with Crippen LogP contribution in [-0.4, -0.2) is 9.67 Å². The molecule has 0 bridgehead atoms. The highest BCUT2D eigenvalue weighted by Gasteiger charge is 2.09. The van der Waals surface area contributed by atoms with Crippen molar-refractivity contribution < 1.29 is 5.11 Å². The number of fused-ring (bicyclic) bond motifs is 1. The number of hydrogen-bond acceptors (Lipinski definition) is 1. The Labute approximate surface area is 116 Å². The lowest BCUT2D eigenvalue weighted by Gasteiger charge is -2.09. The first-order chi connectivity index (χ1) is 9.29. The van der Waals surface area contributed by atoms with Gasteiger partial charge in [0.05, 0.1) is 17.1 Å². The van der Waals surface area contributed by atoms with E-state index in [1.165, 1.54) is 5.56 Å². The second-order valence-electron chi connectivity index (χ2n) is 4.56. The third kappa shape index (κ3) is 2.25. The van der Waals surface area contributed by atoms with Crippen LogP contribution in [0.1, 0.15) is 11.1 Å². The van der Waals surface area contributed by atoms with E-state index in [4.69, 9.17) is 11.6 Å². The quantitative estimate of drug-likeness (QED) is 0.769. The van der Waals surface area contributed by atoms with Crippen molar-refractivity contribution in [3.8, 4) is 0 Å². The van der Waals surface area contributed by atoms with Crippen LogP contribution < -0.4 is 0 Å². The largest absolute Gasteiger partial charge is 0.392 e. The normalized spacial score (nSPS) is 11.1. The Hall–Kier alpha value is -1.77. The van der Waals surface area contributed by atoms with Gasteiger partial charge in [-0.05, 0) is 17.2 Å². The zero-order valence-corrected chi connectivity index (χ0v) is 11.1. The Morgan fingerprint density at radius 2 is 1.79 bits per heavy atom. The molecule has 0 aliphatic heterocycles. The molecule has 0 amide bonds. The number of nitrogens with zero attached hydrogens (tertiary/aromatic N) is 1. The molecule has 3 rings (SSSR count). The molecular weight excluding hydrogens is 258 g/mol. The van der Waals surface area contributed by atoms with Crippen molar-refractivity contribution in [2.75, 3.05) is 0 Å². The first-order valence-electron chi connectivity index (χ1n) is 6.20. The molecule has 0 unspecified atom stereocenters. The minimum absolute atomic E-state index is 0.0364. The van der Waals surface area contributed by atoms with E-state index < -0.39 is 0 Å². The van der Waals surface area contributed by atoms with Crippen LogP contribution in [0, 0.1) is 0 Å². The van der Waals surface area contributed by atoms with E-state index in [0.29, 0.717) is 5.02 Å². The lowest BCUT2D eigenvalue weighted by Crippen LogP contribution is -1.99. The first kappa shape index (κ1) is 12.3. The lowest BCUT2D eigenvalue weighted by atomic mass is 10.1. The van der Waals surface area contributed by atoms with Crippen LogP contribution in [0.25, 0.3) is 10.9 Å². The molecule has 0 saturated carbocycles. The van der Waals surface area contributed by atoms with Gasteiger partial charge < -0.3 is 9.67 Å². The molecule has 0 aliphatic carbocycles. The van der Waals surface area contributed by atoms with E-state index in [0.717, 1.165) is 23.0 Å². The van der Waals surface area contributed by atoms with E-state index in [-0.39, 0.29) is 6.61 Å². The smallest absolute Gasteiger partial charge is 0.0704 e. The number of rotatable bonds is 3. The third-order valence-corrected chi connectivity index (χ3v) is 3.74. The highest BCUT2D eigenvalue weighted by molar-refractivity contribution is 6.36. The van der Waals surface area contributed by atoms with Crippen LogP contribution in [0.5, 0.6) is 0 Å². The summed E-state index contributed by atoms with van der Waals surface area (Å²) in [5, 5.41) is 11.0. The van der Waals surface area contributed by atoms with Crippen molar-refractivity contribution in [2.24, 2.45) is 0 Å². The van der Waals surface area contributed by atoms with Gasteiger partial charge in [-0.2, -0.15) is 0 Å². The maximum Gasteiger partial charge on any atom is 0.0704 e. The zero-order valence-electron chi connectivity index (χ0n) is 10.4. The minimum Gasteiger partial charge on any atom is -0.392 e. The van der Waals surface area contributed by atoms with Crippen molar-refractivity contribution in [3.63, 3.8) is 0 Å². The first-order valence-corrected chi connectivity index (χ1v) is 6.58. The summed E-state index contributed by atoms with van der Waals surface area (Å²) in [5.74, 6) is 0. The Morgan fingerprint density at radius 3 is 2.53 bits per heavy atom. The SMILES string of the molecule is OCc1ccc2ccn(Cc3ccccc3)c2c1Cl. The Bertz CT molecular complexity index is 703. The van der Waals surface area contributed by atoms with E-state index in [9.17, 15) is 5.11 Å². The third-order valence-electron chi connectivity index (χ3n) is 3.31. The van der Waals surface area contributed by atoms with Gasteiger partial charge in [-0.15, -0.1) is 0 Å². The molecule has 1 heterocycles. The molecule has 19 heavy (non-hydrogen) atoms. The summed E-state index contributed by atoms with van der Waals surface area (Å²) in [4.78, 5) is 0. The fourth-order valence-corrected chi connectivity index (χ4v) is 2.67. The summed E-state index contributed by atoms with van der Waals surface area (Å²) in [6.07, 6.45) is 2.03. The van der Waals surface area contributed by atoms with Gasteiger partial charge in [-0.3, -0.25) is 0 Å². The second-order valence-corrected chi connectivity index (χ2v) is 4.94. The van der Waals surface area contributed by atoms with Crippen LogP contribution in [0.15, 0.2) is 54.7 Å². The number of halogens is 1. The summed E-state index contributed by atoms with van der Waals surface area (Å²) >= 11 is 6.37. The Kier molecular flexibility index (Phi) is 3.28. The Morgan fingerprint density at radius 1 is 1.00 bits per heavy atom. The van der Waals surface area contributed by atoms with Gasteiger partial charge in [0.25, 0.3) is 0 Å². The van der Waals surface area contributed by atoms with Crippen LogP contribution in [0.4, 0.5) is 0 Å². The monoisotopic (exact) mass is 271 g/mol. The van der Waals surface area contributed by atoms with Crippen molar-refractivity contribution in [2.45, 2.75) is 13.2 Å². The number of aliphatic hydroxyl groups is 1. The molecule has 3 aromatic rings. The van der Waals surface area contributed by atoms with Gasteiger partial charge in [-0.1, -0.05) is 54.1 Å². The highest BCUT2D eigenvalue weighted by atomic mass is 35.5. The van der Waals surface area contributed by atoms with E-state index in [1.807, 2.05) is 42.6 Å². The van der Waals surface area contributed by atoms with Crippen molar-refractivity contribution in [1.29, 1.82) is 0 Å². The maximum atomic E-state index is 9.30. The zero-order chi connectivity index (χ0) is 13.2. The van der Waals surface area contributed by atoms with Gasteiger partial charge in [0, 0.05) is 18.1 Å². The van der Waals surface area contributed by atoms with Gasteiger partial charge in [0.1, 0.15) is 0 Å². The van der Waals surface area contributed by atoms with Gasteiger partial charge in [0.15, 0.2) is 0 Å². The molecule has 3 heteroatoms. The molecule has 2 nitrogen and oxygen atoms in total. The summed E-state index contributed by atoms with van der Waals surface area (Å²) in [6, 6.07) is 16.2. The predicted molar refractivity (Wildman–Crippen MR) is 78.4 cm³/mol. The fraction of sp³-hybridized carbons (Fsp3) is 0.125. The topological polar surface area (TPSA) is 25.2 Å². The van der Waals surface area contributed by atoms with Crippen molar-refractivity contribution in [3.05, 3.63) is 70.9 Å². The number of hydrogen-bond donors (Lipinski definition) is 1. The van der Waals surface area contributed by atoms with Crippen LogP contribution in [0.3, 0.4) is 0 Å². The molecule has 0 atom stereocenters. The highest BCUT2D eigenvalue weighted by Crippen LogP contribution is 2.29. The van der Waals surface area contributed by atoms with E-state index >= 15 is 0 Å². The van der Waals surface area contributed by atoms with Crippen LogP contribution in [-0.2, 0) is 13.2 Å². The standard InChI is InChI=1S/C16H14ClNO/c17-15-14(11-19)7-6-13-8-9-18(16(13)15)10-12-4-2-1-3-5-12/h1-9,19H,10-11H2. The molecule has 0 spiro atoms. The van der Waals surface area contributed by atoms with Gasteiger partial charge in [-0.25, -0.2) is 0 Å². The van der Waals surface area contributed by atoms with E-state index in [2.05, 4.69) is 16.7 Å². The van der Waals surface area contributed by atoms with Gasteiger partial charge >= 0.3 is 0 Å². The molecular formula is C16H14ClNO. The molecule has 2 aromatic carbocycles. The number of aliphatic hydroxyl groups excluding tert-OH is 1. The average Bonchev–Trinajstić information content (AvgIpc) is 2.84. The predicted octanol–water partition coefficient (Wildman–Crippen LogP) is 3.84. The molecule has 1 aromatic heterocycles. The summed E-state index contributed by atoms with van der Waals surface area (Å²) in [7, 11) is 0. The number of benzene rings is 2. The van der Waals surface area contributed by atoms with E-state index in [1.54, 1.807) is 0 Å². The lowest BCUT2D eigenvalue weighted by molar-refractivity contribution is 0.282. The van der Waals surface area contributed by atoms with Crippen molar-refractivity contribution in [1.82, 2.24) is 4.57 Å². The Balaban J connectivity index is 2.09. The summed E-state index contributed by atoms with van der Waals surface area (Å²) in [5.41, 5.74) is 2.98. The van der Waals surface area contributed by atoms with Gasteiger partial charge in [0.2, 0.25) is 0 Å². The molecule has 96 valence electrons. The van der Waals surface area contributed by atoms with Crippen LogP contribution in [0.2, 0.25) is 5.02 Å². The maximum absolute atomic E-state index is 9.30. The number of aromatic nitrogens is 1. The molecule has 0 fully saturated rings. The van der Waals surface area contributed by atoms with Crippen LogP contribution >= 0.6 is 11.6 Å². The molecule has 1 N–H and O–H groups in total. The molecule has 0 saturated heterocycles. The molecule has 0 aliphatic rings. The minimum atomic E-state index is -0.0364. The fourth-order valence-electron chi connectivity index (χ4n) is 2.33. The van der Waals surface area contributed by atoms with Crippen molar-refractivity contribution >= 4 is 22.5 Å². The second kappa shape index (κ2) is 5.08. The average molecular weight is 272 g/mol. The summed E-state index contributed by atoms with van der Waals surface area (Å²) in [6.45, 7) is 0.740. The molecule has 0 radical (unpaired) electrons.